The van der Waals surface area contributed by atoms with Gasteiger partial charge in [0.2, 0.25) is 6.79 Å². The standard InChI is InChI=1S/C15H16N4O3/c20-15(10-4-5-12-13(7-10)22-9-21-12)19-6-2-1-3-11(19)14-16-8-17-18-14/h4-5,7-8,11H,1-3,6,9H2,(H,16,17,18)/t11-/m1/s1. The number of nitrogens with one attached hydrogen (secondary N) is 1. The molecule has 0 unspecified atom stereocenters. The number of piperidine rings is 1. The van der Waals surface area contributed by atoms with Crippen LogP contribution >= 0.6 is 0 Å². The van der Waals surface area contributed by atoms with Gasteiger partial charge >= 0.3 is 0 Å². The summed E-state index contributed by atoms with van der Waals surface area (Å²) in [5.74, 6) is 2.04. The average molecular weight is 300 g/mol. The highest BCUT2D eigenvalue weighted by Crippen LogP contribution is 2.35. The third-order valence-electron chi connectivity index (χ3n) is 4.13. The van der Waals surface area contributed by atoms with E-state index in [4.69, 9.17) is 9.47 Å². The first-order valence-electron chi connectivity index (χ1n) is 7.39. The van der Waals surface area contributed by atoms with Gasteiger partial charge in [-0.3, -0.25) is 9.89 Å². The van der Waals surface area contributed by atoms with Crippen LogP contribution in [0.4, 0.5) is 0 Å². The zero-order valence-electron chi connectivity index (χ0n) is 12.0. The van der Waals surface area contributed by atoms with E-state index in [2.05, 4.69) is 15.2 Å². The molecule has 1 N–H and O–H groups in total. The summed E-state index contributed by atoms with van der Waals surface area (Å²) < 4.78 is 10.6. The molecule has 1 aromatic heterocycles. The first kappa shape index (κ1) is 13.1. The third kappa shape index (κ3) is 2.18. The van der Waals surface area contributed by atoms with Gasteiger partial charge in [0.15, 0.2) is 11.5 Å². The summed E-state index contributed by atoms with van der Waals surface area (Å²) in [7, 11) is 0. The Morgan fingerprint density at radius 1 is 1.27 bits per heavy atom. The molecular formula is C15H16N4O3. The maximum Gasteiger partial charge on any atom is 0.254 e. The molecule has 4 rings (SSSR count). The number of fused-ring (bicyclic) bond motifs is 1. The molecule has 22 heavy (non-hydrogen) atoms. The molecule has 114 valence electrons. The van der Waals surface area contributed by atoms with Crippen molar-refractivity contribution in [2.45, 2.75) is 25.3 Å². The lowest BCUT2D eigenvalue weighted by Gasteiger charge is -2.34. The number of carbonyl (C=O) groups is 1. The number of rotatable bonds is 2. The monoisotopic (exact) mass is 300 g/mol. The molecule has 1 aromatic carbocycles. The molecule has 1 saturated heterocycles. The molecule has 7 heteroatoms. The van der Waals surface area contributed by atoms with Gasteiger partial charge in [0.1, 0.15) is 12.2 Å². The van der Waals surface area contributed by atoms with Crippen molar-refractivity contribution in [3.8, 4) is 11.5 Å². The average Bonchev–Trinajstić information content (AvgIpc) is 3.24. The number of carbonyl (C=O) groups excluding carboxylic acids is 1. The summed E-state index contributed by atoms with van der Waals surface area (Å²) in [5.41, 5.74) is 0.607. The fourth-order valence-electron chi connectivity index (χ4n) is 3.03. The van der Waals surface area contributed by atoms with Gasteiger partial charge in [0, 0.05) is 12.1 Å². The lowest BCUT2D eigenvalue weighted by molar-refractivity contribution is 0.0600. The Morgan fingerprint density at radius 2 is 2.18 bits per heavy atom. The molecule has 1 fully saturated rings. The molecule has 1 amide bonds. The van der Waals surface area contributed by atoms with Crippen LogP contribution in [0.5, 0.6) is 11.5 Å². The number of hydrogen-bond acceptors (Lipinski definition) is 5. The molecule has 0 bridgehead atoms. The minimum Gasteiger partial charge on any atom is -0.454 e. The van der Waals surface area contributed by atoms with Crippen molar-refractivity contribution in [2.24, 2.45) is 0 Å². The predicted octanol–water partition coefficient (Wildman–Crippen LogP) is 1.90. The van der Waals surface area contributed by atoms with Gasteiger partial charge in [-0.05, 0) is 37.5 Å². The van der Waals surface area contributed by atoms with Crippen LogP contribution in [0, 0.1) is 0 Å². The van der Waals surface area contributed by atoms with Crippen molar-refractivity contribution in [3.05, 3.63) is 35.9 Å². The Morgan fingerprint density at radius 3 is 3.05 bits per heavy atom. The Balaban J connectivity index is 1.62. The molecule has 0 saturated carbocycles. The first-order chi connectivity index (χ1) is 10.8. The van der Waals surface area contributed by atoms with E-state index >= 15 is 0 Å². The number of nitrogens with zero attached hydrogens (tertiary/aromatic N) is 3. The van der Waals surface area contributed by atoms with Gasteiger partial charge in [-0.25, -0.2) is 4.98 Å². The van der Waals surface area contributed by atoms with E-state index in [-0.39, 0.29) is 18.7 Å². The van der Waals surface area contributed by atoms with Gasteiger partial charge < -0.3 is 14.4 Å². The fourth-order valence-corrected chi connectivity index (χ4v) is 3.03. The van der Waals surface area contributed by atoms with E-state index in [0.717, 1.165) is 31.6 Å². The van der Waals surface area contributed by atoms with E-state index in [1.54, 1.807) is 18.2 Å². The van der Waals surface area contributed by atoms with Crippen LogP contribution in [0.3, 0.4) is 0 Å². The van der Waals surface area contributed by atoms with Crippen LogP contribution in [-0.2, 0) is 0 Å². The van der Waals surface area contributed by atoms with Crippen molar-refractivity contribution < 1.29 is 14.3 Å². The molecule has 2 aromatic rings. The quantitative estimate of drug-likeness (QED) is 0.916. The van der Waals surface area contributed by atoms with Crippen LogP contribution in [0.2, 0.25) is 0 Å². The minimum absolute atomic E-state index is 0.0144. The molecule has 7 nitrogen and oxygen atoms in total. The lowest BCUT2D eigenvalue weighted by atomic mass is 10.00. The minimum atomic E-state index is -0.0471. The molecule has 1 atom stereocenters. The summed E-state index contributed by atoms with van der Waals surface area (Å²) in [6, 6.07) is 5.26. The highest BCUT2D eigenvalue weighted by atomic mass is 16.7. The van der Waals surface area contributed by atoms with E-state index in [0.29, 0.717) is 17.1 Å². The first-order valence-corrected chi connectivity index (χ1v) is 7.39. The highest BCUT2D eigenvalue weighted by Gasteiger charge is 2.31. The second-order valence-corrected chi connectivity index (χ2v) is 5.45. The maximum absolute atomic E-state index is 12.9. The van der Waals surface area contributed by atoms with Crippen molar-refractivity contribution in [1.29, 1.82) is 0 Å². The Bertz CT molecular complexity index is 686. The van der Waals surface area contributed by atoms with Crippen molar-refractivity contribution >= 4 is 5.91 Å². The van der Waals surface area contributed by atoms with Crippen LogP contribution in [0.1, 0.15) is 41.5 Å². The summed E-state index contributed by atoms with van der Waals surface area (Å²) in [6.07, 6.45) is 4.45. The zero-order chi connectivity index (χ0) is 14.9. The third-order valence-corrected chi connectivity index (χ3v) is 4.13. The molecule has 2 aliphatic rings. The SMILES string of the molecule is O=C(c1ccc2c(c1)OCO2)N1CCCC[C@@H]1c1ncn[nH]1. The summed E-state index contributed by atoms with van der Waals surface area (Å²) >= 11 is 0. The van der Waals surface area contributed by atoms with Crippen molar-refractivity contribution in [1.82, 2.24) is 20.1 Å². The fraction of sp³-hybridized carbons (Fsp3) is 0.400. The summed E-state index contributed by atoms with van der Waals surface area (Å²) in [6.45, 7) is 0.927. The maximum atomic E-state index is 12.9. The smallest absolute Gasteiger partial charge is 0.254 e. The van der Waals surface area contributed by atoms with Crippen LogP contribution in [0.15, 0.2) is 24.5 Å². The van der Waals surface area contributed by atoms with Crippen molar-refractivity contribution in [3.63, 3.8) is 0 Å². The second kappa shape index (κ2) is 5.32. The van der Waals surface area contributed by atoms with E-state index in [1.807, 2.05) is 4.90 Å². The van der Waals surface area contributed by atoms with Gasteiger partial charge in [-0.2, -0.15) is 5.10 Å². The number of H-pyrrole nitrogens is 1. The molecule has 3 heterocycles. The normalized spacial score (nSPS) is 20.2. The Kier molecular flexibility index (Phi) is 3.17. The summed E-state index contributed by atoms with van der Waals surface area (Å²) in [4.78, 5) is 19.0. The Labute approximate surface area is 127 Å². The number of likely N-dealkylation sites (tertiary alicyclic amines) is 1. The number of benzene rings is 1. The largest absolute Gasteiger partial charge is 0.454 e. The predicted molar refractivity (Wildman–Crippen MR) is 76.6 cm³/mol. The Hall–Kier alpha value is -2.57. The zero-order valence-corrected chi connectivity index (χ0v) is 12.0. The number of aromatic amines is 1. The number of hydrogen-bond donors (Lipinski definition) is 1. The van der Waals surface area contributed by atoms with E-state index in [1.165, 1.54) is 6.33 Å². The van der Waals surface area contributed by atoms with Crippen LogP contribution in [0.25, 0.3) is 0 Å². The number of ether oxygens (including phenoxy) is 2. The molecule has 0 radical (unpaired) electrons. The lowest BCUT2D eigenvalue weighted by Crippen LogP contribution is -2.39. The van der Waals surface area contributed by atoms with Gasteiger partial charge in [0.25, 0.3) is 5.91 Å². The van der Waals surface area contributed by atoms with Gasteiger partial charge in [-0.1, -0.05) is 0 Å². The molecular weight excluding hydrogens is 284 g/mol. The second-order valence-electron chi connectivity index (χ2n) is 5.45. The van der Waals surface area contributed by atoms with E-state index < -0.39 is 0 Å². The number of aromatic nitrogens is 3. The van der Waals surface area contributed by atoms with Crippen LogP contribution in [-0.4, -0.2) is 39.3 Å². The van der Waals surface area contributed by atoms with Crippen molar-refractivity contribution in [2.75, 3.05) is 13.3 Å². The summed E-state index contributed by atoms with van der Waals surface area (Å²) in [5, 5.41) is 6.79. The van der Waals surface area contributed by atoms with E-state index in [9.17, 15) is 4.79 Å². The topological polar surface area (TPSA) is 80.3 Å². The highest BCUT2D eigenvalue weighted by molar-refractivity contribution is 5.95. The molecule has 2 aliphatic heterocycles. The van der Waals surface area contributed by atoms with Gasteiger partial charge in [-0.15, -0.1) is 0 Å². The van der Waals surface area contributed by atoms with Crippen LogP contribution < -0.4 is 9.47 Å². The number of amides is 1. The molecule has 0 aliphatic carbocycles. The molecule has 0 spiro atoms. The van der Waals surface area contributed by atoms with Gasteiger partial charge in [0.05, 0.1) is 6.04 Å².